The lowest BCUT2D eigenvalue weighted by molar-refractivity contribution is -0.182. The molecular weight excluding hydrogens is 386 g/mol. The van der Waals surface area contributed by atoms with Crippen molar-refractivity contribution < 1.29 is 38.9 Å². The standard InChI is InChI=1S/C18H27N3O8/c1-9(14(24)20-11(15(25)26)7-8-13(22)23)19-16(27)18(2)17(28)21-10-5-3-4-6-12(10)29-18/h9-12H,3-8H2,1-2H3,(H,19,27)(H,20,24)(H,21,28)(H,22,23)(H,25,26)/t9-,10?,11+,12?,18?/m0/s1. The van der Waals surface area contributed by atoms with Gasteiger partial charge in [-0.3, -0.25) is 19.2 Å². The molecule has 5 atom stereocenters. The van der Waals surface area contributed by atoms with Crippen molar-refractivity contribution in [2.24, 2.45) is 0 Å². The van der Waals surface area contributed by atoms with E-state index >= 15 is 0 Å². The molecule has 1 aliphatic heterocycles. The Hall–Kier alpha value is -2.69. The van der Waals surface area contributed by atoms with Gasteiger partial charge in [0.05, 0.1) is 12.1 Å². The van der Waals surface area contributed by atoms with Gasteiger partial charge < -0.3 is 30.9 Å². The lowest BCUT2D eigenvalue weighted by atomic mass is 9.88. The second-order valence-corrected chi connectivity index (χ2v) is 7.58. The van der Waals surface area contributed by atoms with Crippen LogP contribution in [-0.2, 0) is 28.7 Å². The Morgan fingerprint density at radius 3 is 2.48 bits per heavy atom. The molecule has 0 aromatic heterocycles. The van der Waals surface area contributed by atoms with Gasteiger partial charge in [-0.15, -0.1) is 0 Å². The largest absolute Gasteiger partial charge is 0.481 e. The van der Waals surface area contributed by atoms with Crippen LogP contribution >= 0.6 is 0 Å². The molecule has 5 N–H and O–H groups in total. The third kappa shape index (κ3) is 5.43. The van der Waals surface area contributed by atoms with Gasteiger partial charge in [0, 0.05) is 6.42 Å². The van der Waals surface area contributed by atoms with Crippen LogP contribution in [0.2, 0.25) is 0 Å². The van der Waals surface area contributed by atoms with E-state index in [-0.39, 0.29) is 18.6 Å². The van der Waals surface area contributed by atoms with E-state index in [1.807, 2.05) is 0 Å². The number of carboxylic acids is 2. The second-order valence-electron chi connectivity index (χ2n) is 7.58. The topological polar surface area (TPSA) is 171 Å². The Labute approximate surface area is 167 Å². The van der Waals surface area contributed by atoms with E-state index in [0.717, 1.165) is 19.3 Å². The van der Waals surface area contributed by atoms with Gasteiger partial charge in [0.15, 0.2) is 0 Å². The molecule has 1 aliphatic carbocycles. The van der Waals surface area contributed by atoms with Crippen LogP contribution in [0.25, 0.3) is 0 Å². The van der Waals surface area contributed by atoms with Gasteiger partial charge in [-0.05, 0) is 33.1 Å². The van der Waals surface area contributed by atoms with Crippen LogP contribution in [0.3, 0.4) is 0 Å². The maximum atomic E-state index is 12.7. The molecule has 0 radical (unpaired) electrons. The molecule has 2 rings (SSSR count). The van der Waals surface area contributed by atoms with Crippen molar-refractivity contribution in [1.82, 2.24) is 16.0 Å². The van der Waals surface area contributed by atoms with Crippen LogP contribution in [0.15, 0.2) is 0 Å². The molecule has 0 spiro atoms. The Balaban J connectivity index is 1.97. The number of ether oxygens (including phenoxy) is 1. The van der Waals surface area contributed by atoms with Crippen LogP contribution < -0.4 is 16.0 Å². The number of nitrogens with one attached hydrogen (secondary N) is 3. The molecule has 1 saturated carbocycles. The van der Waals surface area contributed by atoms with Crippen molar-refractivity contribution in [2.75, 3.05) is 0 Å². The molecule has 0 bridgehead atoms. The number of fused-ring (bicyclic) bond motifs is 1. The quantitative estimate of drug-likeness (QED) is 0.320. The van der Waals surface area contributed by atoms with Crippen molar-refractivity contribution in [2.45, 2.75) is 82.2 Å². The zero-order valence-electron chi connectivity index (χ0n) is 16.4. The van der Waals surface area contributed by atoms with Gasteiger partial charge in [0.25, 0.3) is 11.8 Å². The van der Waals surface area contributed by atoms with E-state index in [0.29, 0.717) is 6.42 Å². The Morgan fingerprint density at radius 2 is 1.86 bits per heavy atom. The monoisotopic (exact) mass is 413 g/mol. The van der Waals surface area contributed by atoms with Crippen LogP contribution in [0.4, 0.5) is 0 Å². The van der Waals surface area contributed by atoms with Crippen molar-refractivity contribution in [3.05, 3.63) is 0 Å². The van der Waals surface area contributed by atoms with E-state index in [9.17, 15) is 24.0 Å². The van der Waals surface area contributed by atoms with E-state index < -0.39 is 53.8 Å². The first kappa shape index (κ1) is 22.6. The number of hydrogen-bond donors (Lipinski definition) is 5. The molecule has 3 unspecified atom stereocenters. The normalized spacial score (nSPS) is 28.3. The lowest BCUT2D eigenvalue weighted by Crippen LogP contribution is -2.68. The van der Waals surface area contributed by atoms with E-state index in [1.54, 1.807) is 0 Å². The molecule has 1 heterocycles. The first-order valence-electron chi connectivity index (χ1n) is 9.59. The highest BCUT2D eigenvalue weighted by Crippen LogP contribution is 2.30. The minimum atomic E-state index is -1.80. The van der Waals surface area contributed by atoms with Gasteiger partial charge >= 0.3 is 11.9 Å². The maximum absolute atomic E-state index is 12.7. The molecule has 11 nitrogen and oxygen atoms in total. The molecule has 2 aliphatic rings. The fourth-order valence-electron chi connectivity index (χ4n) is 3.44. The van der Waals surface area contributed by atoms with Crippen LogP contribution in [0, 0.1) is 0 Å². The smallest absolute Gasteiger partial charge is 0.326 e. The molecule has 162 valence electrons. The zero-order chi connectivity index (χ0) is 21.8. The van der Waals surface area contributed by atoms with Crippen molar-refractivity contribution >= 4 is 29.7 Å². The minimum Gasteiger partial charge on any atom is -0.481 e. The molecular formula is C18H27N3O8. The molecule has 11 heteroatoms. The lowest BCUT2D eigenvalue weighted by Gasteiger charge is -2.43. The van der Waals surface area contributed by atoms with Crippen LogP contribution in [0.5, 0.6) is 0 Å². The molecule has 2 fully saturated rings. The minimum absolute atomic E-state index is 0.136. The number of carboxylic acid groups (broad SMARTS) is 2. The number of hydrogen-bond acceptors (Lipinski definition) is 6. The van der Waals surface area contributed by atoms with Crippen LogP contribution in [0.1, 0.15) is 52.4 Å². The molecule has 29 heavy (non-hydrogen) atoms. The number of aliphatic carboxylic acids is 2. The van der Waals surface area contributed by atoms with E-state index in [4.69, 9.17) is 14.9 Å². The average molecular weight is 413 g/mol. The number of carbonyl (C=O) groups is 5. The third-order valence-electron chi connectivity index (χ3n) is 5.28. The number of carbonyl (C=O) groups excluding carboxylic acids is 3. The molecule has 3 amide bonds. The maximum Gasteiger partial charge on any atom is 0.326 e. The predicted octanol–water partition coefficient (Wildman–Crippen LogP) is -0.858. The SMILES string of the molecule is C[C@H](NC(=O)C1(C)OC2CCCCC2NC1=O)C(=O)N[C@H](CCC(=O)O)C(=O)O. The first-order chi connectivity index (χ1) is 13.5. The summed E-state index contributed by atoms with van der Waals surface area (Å²) in [6.07, 6.45) is 2.37. The summed E-state index contributed by atoms with van der Waals surface area (Å²) in [5, 5.41) is 25.2. The highest BCUT2D eigenvalue weighted by atomic mass is 16.5. The van der Waals surface area contributed by atoms with Gasteiger partial charge in [-0.25, -0.2) is 4.79 Å². The average Bonchev–Trinajstić information content (AvgIpc) is 2.65. The molecule has 0 aromatic rings. The second kappa shape index (κ2) is 9.21. The van der Waals surface area contributed by atoms with Gasteiger partial charge in [0.2, 0.25) is 11.5 Å². The summed E-state index contributed by atoms with van der Waals surface area (Å²) in [4.78, 5) is 59.2. The fourth-order valence-corrected chi connectivity index (χ4v) is 3.44. The van der Waals surface area contributed by atoms with Gasteiger partial charge in [-0.2, -0.15) is 0 Å². The zero-order valence-corrected chi connectivity index (χ0v) is 16.4. The summed E-state index contributed by atoms with van der Waals surface area (Å²) >= 11 is 0. The summed E-state index contributed by atoms with van der Waals surface area (Å²) in [5.41, 5.74) is -1.80. The van der Waals surface area contributed by atoms with E-state index in [2.05, 4.69) is 16.0 Å². The number of rotatable bonds is 8. The Kier molecular flexibility index (Phi) is 7.17. The van der Waals surface area contributed by atoms with Crippen molar-refractivity contribution in [3.63, 3.8) is 0 Å². The predicted molar refractivity (Wildman–Crippen MR) is 97.7 cm³/mol. The summed E-state index contributed by atoms with van der Waals surface area (Å²) in [7, 11) is 0. The van der Waals surface area contributed by atoms with Gasteiger partial charge in [-0.1, -0.05) is 12.8 Å². The highest BCUT2D eigenvalue weighted by Gasteiger charge is 2.51. The van der Waals surface area contributed by atoms with E-state index in [1.165, 1.54) is 13.8 Å². The fraction of sp³-hybridized carbons (Fsp3) is 0.722. The Bertz CT molecular complexity index is 697. The van der Waals surface area contributed by atoms with Gasteiger partial charge in [0.1, 0.15) is 12.1 Å². The van der Waals surface area contributed by atoms with Crippen molar-refractivity contribution in [3.8, 4) is 0 Å². The first-order valence-corrected chi connectivity index (χ1v) is 9.59. The number of amides is 3. The Morgan fingerprint density at radius 1 is 1.21 bits per heavy atom. The summed E-state index contributed by atoms with van der Waals surface area (Å²) in [6.45, 7) is 2.66. The van der Waals surface area contributed by atoms with Crippen molar-refractivity contribution in [1.29, 1.82) is 0 Å². The highest BCUT2D eigenvalue weighted by molar-refractivity contribution is 6.09. The summed E-state index contributed by atoms with van der Waals surface area (Å²) in [5.74, 6) is -4.79. The molecule has 0 aromatic carbocycles. The van der Waals surface area contributed by atoms with Crippen LogP contribution in [-0.4, -0.2) is 69.7 Å². The summed E-state index contributed by atoms with van der Waals surface area (Å²) < 4.78 is 5.80. The third-order valence-corrected chi connectivity index (χ3v) is 5.28. The summed E-state index contributed by atoms with van der Waals surface area (Å²) in [6, 6.07) is -2.71. The number of morpholine rings is 1. The molecule has 1 saturated heterocycles.